The SMILES string of the molecule is CC1(C)CN(c2ccc(F)c(Cl)c2)CCC1O. The van der Waals surface area contributed by atoms with E-state index in [2.05, 4.69) is 4.90 Å². The zero-order valence-corrected chi connectivity index (χ0v) is 10.8. The van der Waals surface area contributed by atoms with E-state index in [9.17, 15) is 9.50 Å². The highest BCUT2D eigenvalue weighted by atomic mass is 35.5. The second kappa shape index (κ2) is 4.46. The lowest BCUT2D eigenvalue weighted by Crippen LogP contribution is -2.48. The zero-order chi connectivity index (χ0) is 12.6. The van der Waals surface area contributed by atoms with Crippen LogP contribution in [0.15, 0.2) is 18.2 Å². The molecule has 1 heterocycles. The Morgan fingerprint density at radius 2 is 2.18 bits per heavy atom. The van der Waals surface area contributed by atoms with Crippen molar-refractivity contribution in [1.29, 1.82) is 0 Å². The van der Waals surface area contributed by atoms with Crippen molar-refractivity contribution in [2.75, 3.05) is 18.0 Å². The number of nitrogens with zero attached hydrogens (tertiary/aromatic N) is 1. The fraction of sp³-hybridized carbons (Fsp3) is 0.538. The Hall–Kier alpha value is -0.800. The summed E-state index contributed by atoms with van der Waals surface area (Å²) in [7, 11) is 0. The van der Waals surface area contributed by atoms with Crippen molar-refractivity contribution in [3.8, 4) is 0 Å². The maximum absolute atomic E-state index is 13.1. The first-order valence-corrected chi connectivity index (χ1v) is 6.16. The van der Waals surface area contributed by atoms with Gasteiger partial charge in [-0.15, -0.1) is 0 Å². The van der Waals surface area contributed by atoms with Crippen LogP contribution in [-0.4, -0.2) is 24.3 Å². The third-order valence-electron chi connectivity index (χ3n) is 3.44. The van der Waals surface area contributed by atoms with Gasteiger partial charge in [-0.2, -0.15) is 0 Å². The zero-order valence-electron chi connectivity index (χ0n) is 10.1. The van der Waals surface area contributed by atoms with E-state index in [1.165, 1.54) is 6.07 Å². The second-order valence-corrected chi connectivity index (χ2v) is 5.72. The molecule has 0 amide bonds. The van der Waals surface area contributed by atoms with Crippen LogP contribution in [0.25, 0.3) is 0 Å². The lowest BCUT2D eigenvalue weighted by atomic mass is 9.81. The smallest absolute Gasteiger partial charge is 0.141 e. The van der Waals surface area contributed by atoms with Crippen LogP contribution in [0.5, 0.6) is 0 Å². The Morgan fingerprint density at radius 3 is 2.76 bits per heavy atom. The minimum atomic E-state index is -0.397. The van der Waals surface area contributed by atoms with Crippen molar-refractivity contribution in [2.24, 2.45) is 5.41 Å². The summed E-state index contributed by atoms with van der Waals surface area (Å²) in [5.41, 5.74) is 0.760. The van der Waals surface area contributed by atoms with Crippen molar-refractivity contribution in [3.05, 3.63) is 29.0 Å². The van der Waals surface area contributed by atoms with E-state index in [1.807, 2.05) is 13.8 Å². The van der Waals surface area contributed by atoms with Crippen molar-refractivity contribution in [2.45, 2.75) is 26.4 Å². The number of hydrogen-bond donors (Lipinski definition) is 1. The Balaban J connectivity index is 2.21. The maximum atomic E-state index is 13.1. The molecule has 1 saturated heterocycles. The van der Waals surface area contributed by atoms with Gasteiger partial charge >= 0.3 is 0 Å². The van der Waals surface area contributed by atoms with Gasteiger partial charge in [-0.05, 0) is 24.6 Å². The topological polar surface area (TPSA) is 23.5 Å². The second-order valence-electron chi connectivity index (χ2n) is 5.31. The first-order valence-electron chi connectivity index (χ1n) is 5.78. The van der Waals surface area contributed by atoms with Gasteiger partial charge in [0.05, 0.1) is 11.1 Å². The molecule has 0 radical (unpaired) electrons. The Labute approximate surface area is 106 Å². The van der Waals surface area contributed by atoms with Gasteiger partial charge < -0.3 is 10.0 Å². The van der Waals surface area contributed by atoms with Crippen LogP contribution in [0.1, 0.15) is 20.3 Å². The summed E-state index contributed by atoms with van der Waals surface area (Å²) in [6, 6.07) is 4.76. The predicted octanol–water partition coefficient (Wildman–Crippen LogP) is 3.08. The normalized spacial score (nSPS) is 23.8. The van der Waals surface area contributed by atoms with Crippen LogP contribution in [0, 0.1) is 11.2 Å². The average molecular weight is 258 g/mol. The summed E-state index contributed by atoms with van der Waals surface area (Å²) >= 11 is 5.78. The molecule has 0 aliphatic carbocycles. The first-order chi connectivity index (χ1) is 7.90. The van der Waals surface area contributed by atoms with E-state index in [0.717, 1.165) is 25.2 Å². The molecule has 1 unspecified atom stereocenters. The number of aliphatic hydroxyl groups is 1. The van der Waals surface area contributed by atoms with Crippen LogP contribution in [0.4, 0.5) is 10.1 Å². The van der Waals surface area contributed by atoms with Crippen LogP contribution in [0.3, 0.4) is 0 Å². The van der Waals surface area contributed by atoms with Crippen LogP contribution in [0.2, 0.25) is 5.02 Å². The molecule has 0 bridgehead atoms. The predicted molar refractivity (Wildman–Crippen MR) is 68.0 cm³/mol. The van der Waals surface area contributed by atoms with E-state index < -0.39 is 5.82 Å². The van der Waals surface area contributed by atoms with Gasteiger partial charge in [-0.1, -0.05) is 25.4 Å². The molecule has 94 valence electrons. The summed E-state index contributed by atoms with van der Waals surface area (Å²) in [5, 5.41) is 10.0. The van der Waals surface area contributed by atoms with Gasteiger partial charge in [-0.25, -0.2) is 4.39 Å². The molecule has 2 rings (SSSR count). The van der Waals surface area contributed by atoms with Gasteiger partial charge in [0.1, 0.15) is 5.82 Å². The van der Waals surface area contributed by atoms with Crippen molar-refractivity contribution < 1.29 is 9.50 Å². The highest BCUT2D eigenvalue weighted by Gasteiger charge is 2.34. The third-order valence-corrected chi connectivity index (χ3v) is 3.73. The molecule has 0 saturated carbocycles. The molecule has 17 heavy (non-hydrogen) atoms. The molecule has 1 atom stereocenters. The van der Waals surface area contributed by atoms with Gasteiger partial charge in [0.2, 0.25) is 0 Å². The summed E-state index contributed by atoms with van der Waals surface area (Å²) in [5.74, 6) is -0.397. The Bertz CT molecular complexity index is 422. The highest BCUT2D eigenvalue weighted by molar-refractivity contribution is 6.31. The van der Waals surface area contributed by atoms with E-state index >= 15 is 0 Å². The maximum Gasteiger partial charge on any atom is 0.141 e. The number of aliphatic hydroxyl groups excluding tert-OH is 1. The number of rotatable bonds is 1. The molecular weight excluding hydrogens is 241 g/mol. The van der Waals surface area contributed by atoms with Gasteiger partial charge in [0.25, 0.3) is 0 Å². The van der Waals surface area contributed by atoms with Gasteiger partial charge in [0.15, 0.2) is 0 Å². The molecule has 1 N–H and O–H groups in total. The largest absolute Gasteiger partial charge is 0.392 e. The average Bonchev–Trinajstić information content (AvgIpc) is 2.26. The van der Waals surface area contributed by atoms with Crippen LogP contribution in [-0.2, 0) is 0 Å². The minimum Gasteiger partial charge on any atom is -0.392 e. The van der Waals surface area contributed by atoms with E-state index in [1.54, 1.807) is 12.1 Å². The van der Waals surface area contributed by atoms with E-state index in [4.69, 9.17) is 11.6 Å². The summed E-state index contributed by atoms with van der Waals surface area (Å²) in [6.07, 6.45) is 0.441. The molecule has 1 aliphatic heterocycles. The molecule has 0 aromatic heterocycles. The number of benzene rings is 1. The van der Waals surface area contributed by atoms with Crippen molar-refractivity contribution in [1.82, 2.24) is 0 Å². The molecule has 1 aromatic rings. The van der Waals surface area contributed by atoms with Crippen LogP contribution < -0.4 is 4.90 Å². The number of anilines is 1. The Kier molecular flexibility index (Phi) is 3.32. The lowest BCUT2D eigenvalue weighted by Gasteiger charge is -2.43. The molecular formula is C13H17ClFNO. The highest BCUT2D eigenvalue weighted by Crippen LogP contribution is 2.33. The molecule has 1 aliphatic rings. The van der Waals surface area contributed by atoms with E-state index in [0.29, 0.717) is 0 Å². The third kappa shape index (κ3) is 2.55. The standard InChI is InChI=1S/C13H17ClFNO/c1-13(2)8-16(6-5-12(13)17)9-3-4-11(15)10(14)7-9/h3-4,7,12,17H,5-6,8H2,1-2H3. The number of piperidine rings is 1. The van der Waals surface area contributed by atoms with Crippen LogP contribution >= 0.6 is 11.6 Å². The fourth-order valence-corrected chi connectivity index (χ4v) is 2.42. The minimum absolute atomic E-state index is 0.145. The summed E-state index contributed by atoms with van der Waals surface area (Å²) < 4.78 is 13.1. The molecule has 4 heteroatoms. The molecule has 2 nitrogen and oxygen atoms in total. The quantitative estimate of drug-likeness (QED) is 0.836. The van der Waals surface area contributed by atoms with Gasteiger partial charge in [0, 0.05) is 24.2 Å². The van der Waals surface area contributed by atoms with Gasteiger partial charge in [-0.3, -0.25) is 0 Å². The number of hydrogen-bond acceptors (Lipinski definition) is 2. The summed E-state index contributed by atoms with van der Waals surface area (Å²) in [4.78, 5) is 2.14. The lowest BCUT2D eigenvalue weighted by molar-refractivity contribution is 0.0336. The summed E-state index contributed by atoms with van der Waals surface area (Å²) in [6.45, 7) is 5.59. The Morgan fingerprint density at radius 1 is 1.47 bits per heavy atom. The number of halogens is 2. The van der Waals surface area contributed by atoms with E-state index in [-0.39, 0.29) is 16.5 Å². The molecule has 0 spiro atoms. The van der Waals surface area contributed by atoms with Crippen molar-refractivity contribution in [3.63, 3.8) is 0 Å². The molecule has 1 aromatic carbocycles. The first kappa shape index (κ1) is 12.7. The monoisotopic (exact) mass is 257 g/mol. The van der Waals surface area contributed by atoms with Crippen molar-refractivity contribution >= 4 is 17.3 Å². The molecule has 1 fully saturated rings. The fourth-order valence-electron chi connectivity index (χ4n) is 2.25.